The van der Waals surface area contributed by atoms with E-state index in [1.807, 2.05) is 51.1 Å². The van der Waals surface area contributed by atoms with E-state index in [0.717, 1.165) is 27.7 Å². The molecule has 1 aromatic carbocycles. The maximum Gasteiger partial charge on any atom is 0.268 e. The molecule has 0 aliphatic rings. The van der Waals surface area contributed by atoms with Gasteiger partial charge in [-0.1, -0.05) is 11.6 Å². The van der Waals surface area contributed by atoms with E-state index >= 15 is 0 Å². The Morgan fingerprint density at radius 1 is 1.09 bits per heavy atom. The number of aromatic amines is 2. The fourth-order valence-corrected chi connectivity index (χ4v) is 2.74. The predicted octanol–water partition coefficient (Wildman–Crippen LogP) is 2.71. The van der Waals surface area contributed by atoms with Crippen LogP contribution in [0.25, 0.3) is 10.9 Å². The third kappa shape index (κ3) is 3.04. The molecule has 0 fully saturated rings. The molecule has 0 saturated heterocycles. The monoisotopic (exact) mass is 309 g/mol. The molecule has 0 bridgehead atoms. The van der Waals surface area contributed by atoms with Crippen molar-refractivity contribution in [1.82, 2.24) is 15.3 Å². The molecule has 0 radical (unpaired) electrons. The topological polar surface area (TPSA) is 77.8 Å². The number of amides is 1. The maximum absolute atomic E-state index is 12.3. The molecular formula is C18H19N3O2. The Morgan fingerprint density at radius 3 is 2.61 bits per heavy atom. The van der Waals surface area contributed by atoms with Crippen molar-refractivity contribution in [3.8, 4) is 0 Å². The second-order valence-corrected chi connectivity index (χ2v) is 5.90. The number of H-pyrrole nitrogens is 2. The van der Waals surface area contributed by atoms with Gasteiger partial charge >= 0.3 is 0 Å². The van der Waals surface area contributed by atoms with Crippen LogP contribution < -0.4 is 10.9 Å². The highest BCUT2D eigenvalue weighted by Gasteiger charge is 2.11. The lowest BCUT2D eigenvalue weighted by Crippen LogP contribution is -2.28. The van der Waals surface area contributed by atoms with Gasteiger partial charge in [0.1, 0.15) is 5.69 Å². The zero-order valence-corrected chi connectivity index (χ0v) is 13.4. The lowest BCUT2D eigenvalue weighted by atomic mass is 10.1. The Hall–Kier alpha value is -2.82. The number of fused-ring (bicyclic) bond motifs is 1. The summed E-state index contributed by atoms with van der Waals surface area (Å²) in [4.78, 5) is 30.1. The van der Waals surface area contributed by atoms with Crippen molar-refractivity contribution in [2.24, 2.45) is 0 Å². The van der Waals surface area contributed by atoms with Crippen molar-refractivity contribution in [2.45, 2.75) is 27.3 Å². The Morgan fingerprint density at radius 2 is 1.87 bits per heavy atom. The molecule has 5 heteroatoms. The maximum atomic E-state index is 12.3. The minimum atomic E-state index is -0.224. The molecule has 0 unspecified atom stereocenters. The Kier molecular flexibility index (Phi) is 3.78. The SMILES string of the molecule is Cc1ccc2[nH]c(C(=O)NCc3c(C)cc(C)[nH]c3=O)cc2c1. The van der Waals surface area contributed by atoms with E-state index in [4.69, 9.17) is 0 Å². The molecular weight excluding hydrogens is 290 g/mol. The summed E-state index contributed by atoms with van der Waals surface area (Å²) < 4.78 is 0. The number of nitrogens with one attached hydrogen (secondary N) is 3. The number of rotatable bonds is 3. The summed E-state index contributed by atoms with van der Waals surface area (Å²) in [7, 11) is 0. The van der Waals surface area contributed by atoms with E-state index < -0.39 is 0 Å². The number of hydrogen-bond acceptors (Lipinski definition) is 2. The van der Waals surface area contributed by atoms with Gasteiger partial charge in [-0.25, -0.2) is 0 Å². The van der Waals surface area contributed by atoms with Crippen molar-refractivity contribution in [2.75, 3.05) is 0 Å². The van der Waals surface area contributed by atoms with Crippen LogP contribution in [0, 0.1) is 20.8 Å². The summed E-state index contributed by atoms with van der Waals surface area (Å²) in [6.07, 6.45) is 0. The highest BCUT2D eigenvalue weighted by atomic mass is 16.2. The molecule has 3 aromatic rings. The molecule has 0 spiro atoms. The first kappa shape index (κ1) is 15.1. The van der Waals surface area contributed by atoms with Crippen LogP contribution in [-0.4, -0.2) is 15.9 Å². The largest absolute Gasteiger partial charge is 0.351 e. The van der Waals surface area contributed by atoms with Crippen LogP contribution in [0.4, 0.5) is 0 Å². The molecule has 2 heterocycles. The molecule has 118 valence electrons. The number of carbonyl (C=O) groups excluding carboxylic acids is 1. The van der Waals surface area contributed by atoms with E-state index in [-0.39, 0.29) is 18.0 Å². The van der Waals surface area contributed by atoms with Crippen LogP contribution in [0.3, 0.4) is 0 Å². The van der Waals surface area contributed by atoms with Crippen molar-refractivity contribution in [3.63, 3.8) is 0 Å². The number of benzene rings is 1. The van der Waals surface area contributed by atoms with Crippen LogP contribution in [0.5, 0.6) is 0 Å². The molecule has 0 atom stereocenters. The van der Waals surface area contributed by atoms with Gasteiger partial charge in [-0.15, -0.1) is 0 Å². The first-order valence-electron chi connectivity index (χ1n) is 7.51. The van der Waals surface area contributed by atoms with Gasteiger partial charge in [0, 0.05) is 28.7 Å². The molecule has 0 aliphatic carbocycles. The second-order valence-electron chi connectivity index (χ2n) is 5.90. The summed E-state index contributed by atoms with van der Waals surface area (Å²) in [6, 6.07) is 9.70. The fourth-order valence-electron chi connectivity index (χ4n) is 2.74. The van der Waals surface area contributed by atoms with Crippen molar-refractivity contribution < 1.29 is 4.79 Å². The smallest absolute Gasteiger partial charge is 0.268 e. The molecule has 3 N–H and O–H groups in total. The molecule has 0 saturated carbocycles. The highest BCUT2D eigenvalue weighted by molar-refractivity contribution is 5.98. The van der Waals surface area contributed by atoms with Gasteiger partial charge in [0.25, 0.3) is 11.5 Å². The van der Waals surface area contributed by atoms with Crippen LogP contribution in [-0.2, 0) is 6.54 Å². The first-order chi connectivity index (χ1) is 10.9. The molecule has 23 heavy (non-hydrogen) atoms. The Labute approximate surface area is 133 Å². The predicted molar refractivity (Wildman–Crippen MR) is 90.7 cm³/mol. The lowest BCUT2D eigenvalue weighted by molar-refractivity contribution is 0.0946. The third-order valence-corrected chi connectivity index (χ3v) is 3.94. The average molecular weight is 309 g/mol. The highest BCUT2D eigenvalue weighted by Crippen LogP contribution is 2.17. The summed E-state index contributed by atoms with van der Waals surface area (Å²) in [6.45, 7) is 5.92. The van der Waals surface area contributed by atoms with E-state index in [9.17, 15) is 9.59 Å². The number of hydrogen-bond donors (Lipinski definition) is 3. The van der Waals surface area contributed by atoms with Crippen molar-refractivity contribution >= 4 is 16.8 Å². The van der Waals surface area contributed by atoms with Crippen LogP contribution in [0.2, 0.25) is 0 Å². The van der Waals surface area contributed by atoms with Crippen LogP contribution >= 0.6 is 0 Å². The van der Waals surface area contributed by atoms with Crippen molar-refractivity contribution in [3.05, 3.63) is 68.8 Å². The van der Waals surface area contributed by atoms with Crippen molar-refractivity contribution in [1.29, 1.82) is 0 Å². The van der Waals surface area contributed by atoms with Gasteiger partial charge in [0.15, 0.2) is 0 Å². The molecule has 2 aromatic heterocycles. The second kappa shape index (κ2) is 5.76. The summed E-state index contributed by atoms with van der Waals surface area (Å²) in [5.74, 6) is -0.224. The number of aryl methyl sites for hydroxylation is 3. The fraction of sp³-hybridized carbons (Fsp3) is 0.222. The van der Waals surface area contributed by atoms with Crippen LogP contribution in [0.15, 0.2) is 35.1 Å². The van der Waals surface area contributed by atoms with Gasteiger partial charge < -0.3 is 15.3 Å². The number of carbonyl (C=O) groups is 1. The molecule has 0 aliphatic heterocycles. The third-order valence-electron chi connectivity index (χ3n) is 3.94. The minimum absolute atomic E-state index is 0.157. The van der Waals surface area contributed by atoms with Gasteiger partial charge in [0.2, 0.25) is 0 Å². The summed E-state index contributed by atoms with van der Waals surface area (Å²) in [5, 5.41) is 3.80. The normalized spacial score (nSPS) is 10.9. The van der Waals surface area contributed by atoms with E-state index in [2.05, 4.69) is 15.3 Å². The first-order valence-corrected chi connectivity index (χ1v) is 7.51. The summed E-state index contributed by atoms with van der Waals surface area (Å²) in [5.41, 5.74) is 4.67. The average Bonchev–Trinajstić information content (AvgIpc) is 2.88. The van der Waals surface area contributed by atoms with Gasteiger partial charge in [-0.05, 0) is 50.6 Å². The van der Waals surface area contributed by atoms with E-state index in [0.29, 0.717) is 11.3 Å². The lowest BCUT2D eigenvalue weighted by Gasteiger charge is -2.07. The summed E-state index contributed by atoms with van der Waals surface area (Å²) >= 11 is 0. The Balaban J connectivity index is 1.80. The number of aromatic nitrogens is 2. The standard InChI is InChI=1S/C18H19N3O2/c1-10-4-5-15-13(6-10)8-16(21-15)18(23)19-9-14-11(2)7-12(3)20-17(14)22/h4-8,21H,9H2,1-3H3,(H,19,23)(H,20,22). The zero-order valence-electron chi connectivity index (χ0n) is 13.4. The molecule has 1 amide bonds. The minimum Gasteiger partial charge on any atom is -0.351 e. The Bertz CT molecular complexity index is 951. The zero-order chi connectivity index (χ0) is 16.6. The van der Waals surface area contributed by atoms with E-state index in [1.54, 1.807) is 0 Å². The van der Waals surface area contributed by atoms with E-state index in [1.165, 1.54) is 0 Å². The number of pyridine rings is 1. The van der Waals surface area contributed by atoms with Gasteiger partial charge in [0.05, 0.1) is 0 Å². The van der Waals surface area contributed by atoms with Gasteiger partial charge in [-0.2, -0.15) is 0 Å². The quantitative estimate of drug-likeness (QED) is 0.695. The molecule has 3 rings (SSSR count). The molecule has 5 nitrogen and oxygen atoms in total. The van der Waals surface area contributed by atoms with Crippen LogP contribution in [0.1, 0.15) is 32.9 Å². The van der Waals surface area contributed by atoms with Gasteiger partial charge in [-0.3, -0.25) is 9.59 Å².